The molecule has 0 aromatic heterocycles. The van der Waals surface area contributed by atoms with E-state index in [0.29, 0.717) is 41.7 Å². The number of fused-ring (bicyclic) bond motifs is 1. The normalized spacial score (nSPS) is 17.9. The van der Waals surface area contributed by atoms with E-state index >= 15 is 0 Å². The van der Waals surface area contributed by atoms with Crippen LogP contribution in [0.5, 0.6) is 11.5 Å². The van der Waals surface area contributed by atoms with Crippen molar-refractivity contribution in [3.05, 3.63) is 47.5 Å². The lowest BCUT2D eigenvalue weighted by Crippen LogP contribution is -2.28. The molecule has 1 atom stereocenters. The van der Waals surface area contributed by atoms with Gasteiger partial charge in [0.15, 0.2) is 11.5 Å². The fourth-order valence-electron chi connectivity index (χ4n) is 3.51. The number of rotatable bonds is 4. The zero-order valence-corrected chi connectivity index (χ0v) is 15.8. The Balaban J connectivity index is 1.47. The number of nitrogens with zero attached hydrogens (tertiary/aromatic N) is 1. The van der Waals surface area contributed by atoms with Gasteiger partial charge in [-0.3, -0.25) is 9.59 Å². The summed E-state index contributed by atoms with van der Waals surface area (Å²) < 4.78 is 11.1. The van der Waals surface area contributed by atoms with E-state index in [1.165, 1.54) is 6.07 Å². The van der Waals surface area contributed by atoms with Crippen LogP contribution in [0.4, 0.5) is 11.4 Å². The number of amides is 2. The van der Waals surface area contributed by atoms with Crippen LogP contribution in [0, 0.1) is 12.8 Å². The first kappa shape index (κ1) is 18.8. The van der Waals surface area contributed by atoms with Crippen molar-refractivity contribution in [1.29, 1.82) is 0 Å². The van der Waals surface area contributed by atoms with E-state index in [2.05, 4.69) is 5.32 Å². The quantitative estimate of drug-likeness (QED) is 0.823. The maximum absolute atomic E-state index is 12.7. The molecule has 0 aliphatic carbocycles. The second-order valence-electron chi connectivity index (χ2n) is 7.06. The molecular weight excluding hydrogens is 376 g/mol. The van der Waals surface area contributed by atoms with Crippen LogP contribution in [0.2, 0.25) is 0 Å². The molecule has 2 amide bonds. The highest BCUT2D eigenvalue weighted by atomic mass is 16.6. The van der Waals surface area contributed by atoms with Gasteiger partial charge in [0.1, 0.15) is 13.2 Å². The van der Waals surface area contributed by atoms with Gasteiger partial charge in [0.2, 0.25) is 11.8 Å². The van der Waals surface area contributed by atoms with Gasteiger partial charge in [0, 0.05) is 30.4 Å². The third kappa shape index (κ3) is 3.73. The molecule has 4 rings (SSSR count). The number of anilines is 2. The highest BCUT2D eigenvalue weighted by Crippen LogP contribution is 2.36. The Morgan fingerprint density at radius 1 is 1.10 bits per heavy atom. The van der Waals surface area contributed by atoms with Gasteiger partial charge >= 0.3 is 5.97 Å². The van der Waals surface area contributed by atoms with E-state index in [9.17, 15) is 19.5 Å². The van der Waals surface area contributed by atoms with Gasteiger partial charge in [-0.05, 0) is 36.8 Å². The summed E-state index contributed by atoms with van der Waals surface area (Å²) in [6.45, 7) is 2.86. The average Bonchev–Trinajstić information content (AvgIpc) is 3.10. The van der Waals surface area contributed by atoms with E-state index < -0.39 is 11.9 Å². The summed E-state index contributed by atoms with van der Waals surface area (Å²) in [5.41, 5.74) is 1.78. The van der Waals surface area contributed by atoms with Gasteiger partial charge in [-0.2, -0.15) is 0 Å². The van der Waals surface area contributed by atoms with Crippen LogP contribution in [0.3, 0.4) is 0 Å². The predicted molar refractivity (Wildman–Crippen MR) is 105 cm³/mol. The zero-order valence-electron chi connectivity index (χ0n) is 15.8. The Morgan fingerprint density at radius 3 is 2.62 bits per heavy atom. The first-order valence-corrected chi connectivity index (χ1v) is 9.27. The Hall–Kier alpha value is -3.55. The van der Waals surface area contributed by atoms with Crippen molar-refractivity contribution < 1.29 is 29.0 Å². The minimum atomic E-state index is -1.06. The number of aryl methyl sites for hydroxylation is 1. The predicted octanol–water partition coefficient (Wildman–Crippen LogP) is 2.46. The SMILES string of the molecule is Cc1ccc(NC(=O)C2CC(=O)N(c3ccc4c(c3)OCCO4)C2)cc1C(=O)O. The van der Waals surface area contributed by atoms with E-state index in [1.54, 1.807) is 42.2 Å². The van der Waals surface area contributed by atoms with Crippen LogP contribution < -0.4 is 19.7 Å². The third-order valence-electron chi connectivity index (χ3n) is 5.07. The minimum Gasteiger partial charge on any atom is -0.486 e. The number of carbonyl (C=O) groups excluding carboxylic acids is 2. The molecule has 0 spiro atoms. The van der Waals surface area contributed by atoms with E-state index in [4.69, 9.17) is 9.47 Å². The molecule has 8 heteroatoms. The molecule has 2 N–H and O–H groups in total. The van der Waals surface area contributed by atoms with E-state index in [-0.39, 0.29) is 30.3 Å². The molecule has 0 radical (unpaired) electrons. The zero-order chi connectivity index (χ0) is 20.5. The third-order valence-corrected chi connectivity index (χ3v) is 5.07. The molecule has 150 valence electrons. The standard InChI is InChI=1S/C21H20N2O6/c1-12-2-3-14(9-16(12)21(26)27)22-20(25)13-8-19(24)23(11-13)15-4-5-17-18(10-15)29-7-6-28-17/h2-5,9-10,13H,6-8,11H2,1H3,(H,22,25)(H,26,27). The Morgan fingerprint density at radius 2 is 1.86 bits per heavy atom. The number of carbonyl (C=O) groups is 3. The second kappa shape index (κ2) is 7.46. The lowest BCUT2D eigenvalue weighted by molar-refractivity contribution is -0.122. The number of carboxylic acids is 1. The molecule has 1 saturated heterocycles. The largest absolute Gasteiger partial charge is 0.486 e. The molecular formula is C21H20N2O6. The van der Waals surface area contributed by atoms with Crippen LogP contribution in [0.25, 0.3) is 0 Å². The summed E-state index contributed by atoms with van der Waals surface area (Å²) in [5, 5.41) is 12.0. The molecule has 29 heavy (non-hydrogen) atoms. The fourth-order valence-corrected chi connectivity index (χ4v) is 3.51. The number of carboxylic acid groups (broad SMARTS) is 1. The molecule has 2 aliphatic heterocycles. The summed E-state index contributed by atoms with van der Waals surface area (Å²) in [5.74, 6) is -0.856. The van der Waals surface area contributed by atoms with Crippen LogP contribution in [0.1, 0.15) is 22.3 Å². The molecule has 0 saturated carbocycles. The van der Waals surface area contributed by atoms with Crippen molar-refractivity contribution in [1.82, 2.24) is 0 Å². The highest BCUT2D eigenvalue weighted by molar-refractivity contribution is 6.04. The Bertz CT molecular complexity index is 1000. The maximum Gasteiger partial charge on any atom is 0.336 e. The molecule has 8 nitrogen and oxygen atoms in total. The molecule has 2 aromatic rings. The minimum absolute atomic E-state index is 0.0813. The van der Waals surface area contributed by atoms with Gasteiger partial charge in [0.05, 0.1) is 11.5 Å². The van der Waals surface area contributed by atoms with Gasteiger partial charge in [0.25, 0.3) is 0 Å². The van der Waals surface area contributed by atoms with Crippen molar-refractivity contribution in [2.24, 2.45) is 5.92 Å². The monoisotopic (exact) mass is 396 g/mol. The van der Waals surface area contributed by atoms with E-state index in [1.807, 2.05) is 0 Å². The van der Waals surface area contributed by atoms with Crippen molar-refractivity contribution >= 4 is 29.2 Å². The summed E-state index contributed by atoms with van der Waals surface area (Å²) in [6.07, 6.45) is 0.0813. The van der Waals surface area contributed by atoms with Crippen LogP contribution >= 0.6 is 0 Å². The highest BCUT2D eigenvalue weighted by Gasteiger charge is 2.35. The van der Waals surface area contributed by atoms with Gasteiger partial charge in [-0.1, -0.05) is 6.07 Å². The van der Waals surface area contributed by atoms with E-state index in [0.717, 1.165) is 0 Å². The Kier molecular flexibility index (Phi) is 4.84. The summed E-state index contributed by atoms with van der Waals surface area (Å²) >= 11 is 0. The number of ether oxygens (including phenoxy) is 2. The summed E-state index contributed by atoms with van der Waals surface area (Å²) in [4.78, 5) is 38.0. The number of hydrogen-bond donors (Lipinski definition) is 2. The topological polar surface area (TPSA) is 105 Å². The number of hydrogen-bond acceptors (Lipinski definition) is 5. The van der Waals surface area contributed by atoms with Gasteiger partial charge in [-0.15, -0.1) is 0 Å². The number of aromatic carboxylic acids is 1. The van der Waals surface area contributed by atoms with Crippen LogP contribution in [-0.2, 0) is 9.59 Å². The summed E-state index contributed by atoms with van der Waals surface area (Å²) in [7, 11) is 0. The molecule has 2 aromatic carbocycles. The van der Waals surface area contributed by atoms with Gasteiger partial charge in [-0.25, -0.2) is 4.79 Å². The fraction of sp³-hybridized carbons (Fsp3) is 0.286. The van der Waals surface area contributed by atoms with Crippen molar-refractivity contribution in [3.63, 3.8) is 0 Å². The van der Waals surface area contributed by atoms with Crippen molar-refractivity contribution in [2.75, 3.05) is 30.0 Å². The molecule has 1 fully saturated rings. The van der Waals surface area contributed by atoms with Gasteiger partial charge < -0.3 is 24.8 Å². The maximum atomic E-state index is 12.7. The molecule has 0 bridgehead atoms. The second-order valence-corrected chi connectivity index (χ2v) is 7.06. The van der Waals surface area contributed by atoms with Crippen LogP contribution in [-0.4, -0.2) is 42.6 Å². The lowest BCUT2D eigenvalue weighted by atomic mass is 10.1. The lowest BCUT2D eigenvalue weighted by Gasteiger charge is -2.22. The average molecular weight is 396 g/mol. The number of nitrogens with one attached hydrogen (secondary N) is 1. The van der Waals surface area contributed by atoms with Crippen molar-refractivity contribution in [2.45, 2.75) is 13.3 Å². The molecule has 2 aliphatic rings. The molecule has 2 heterocycles. The van der Waals surface area contributed by atoms with Crippen LogP contribution in [0.15, 0.2) is 36.4 Å². The number of benzene rings is 2. The first-order chi connectivity index (χ1) is 13.9. The van der Waals surface area contributed by atoms with Crippen molar-refractivity contribution in [3.8, 4) is 11.5 Å². The smallest absolute Gasteiger partial charge is 0.336 e. The summed E-state index contributed by atoms with van der Waals surface area (Å²) in [6, 6.07) is 9.97. The molecule has 1 unspecified atom stereocenters. The Labute approximate surface area is 167 Å². The first-order valence-electron chi connectivity index (χ1n) is 9.27.